The SMILES string of the molecule is CC1=C([Si](Cc2ccccc2)(c2ccccc2)c2ccccc2)C(C)C=C1. The highest BCUT2D eigenvalue weighted by atomic mass is 28.3. The van der Waals surface area contributed by atoms with Crippen LogP contribution in [-0.2, 0) is 6.04 Å². The van der Waals surface area contributed by atoms with E-state index < -0.39 is 8.07 Å². The van der Waals surface area contributed by atoms with E-state index in [0.717, 1.165) is 6.04 Å². The van der Waals surface area contributed by atoms with Gasteiger partial charge in [-0.2, -0.15) is 0 Å². The third kappa shape index (κ3) is 3.24. The molecule has 0 spiro atoms. The molecule has 3 aromatic rings. The third-order valence-corrected chi connectivity index (χ3v) is 11.2. The molecule has 134 valence electrons. The molecule has 0 aliphatic heterocycles. The topological polar surface area (TPSA) is 0 Å². The highest BCUT2D eigenvalue weighted by molar-refractivity contribution is 7.07. The zero-order chi connectivity index (χ0) is 18.7. The summed E-state index contributed by atoms with van der Waals surface area (Å²) in [6.45, 7) is 4.66. The summed E-state index contributed by atoms with van der Waals surface area (Å²) in [5, 5.41) is 4.67. The van der Waals surface area contributed by atoms with Gasteiger partial charge in [-0.25, -0.2) is 0 Å². The molecule has 1 unspecified atom stereocenters. The lowest BCUT2D eigenvalue weighted by Gasteiger charge is -2.38. The number of hydrogen-bond acceptors (Lipinski definition) is 0. The van der Waals surface area contributed by atoms with E-state index in [1.54, 1.807) is 5.20 Å². The summed E-state index contributed by atoms with van der Waals surface area (Å²) in [4.78, 5) is 0. The Kier molecular flexibility index (Phi) is 4.96. The zero-order valence-electron chi connectivity index (χ0n) is 16.1. The van der Waals surface area contributed by atoms with Gasteiger partial charge >= 0.3 is 0 Å². The van der Waals surface area contributed by atoms with Crippen molar-refractivity contribution in [2.45, 2.75) is 19.9 Å². The Morgan fingerprint density at radius 2 is 1.19 bits per heavy atom. The van der Waals surface area contributed by atoms with E-state index in [2.05, 4.69) is 117 Å². The number of benzene rings is 3. The van der Waals surface area contributed by atoms with E-state index in [-0.39, 0.29) is 0 Å². The third-order valence-electron chi connectivity index (χ3n) is 5.82. The fourth-order valence-electron chi connectivity index (χ4n) is 4.68. The molecule has 0 heterocycles. The van der Waals surface area contributed by atoms with Crippen LogP contribution in [0.15, 0.2) is 114 Å². The lowest BCUT2D eigenvalue weighted by molar-refractivity contribution is 0.918. The largest absolute Gasteiger partial charge is 0.149 e. The Hall–Kier alpha value is -2.64. The first-order valence-corrected chi connectivity index (χ1v) is 12.0. The van der Waals surface area contributed by atoms with E-state index in [0.29, 0.717) is 5.92 Å². The maximum atomic E-state index is 2.38. The second kappa shape index (κ2) is 7.54. The lowest BCUT2D eigenvalue weighted by Crippen LogP contribution is -2.63. The average Bonchev–Trinajstić information content (AvgIpc) is 3.07. The van der Waals surface area contributed by atoms with Gasteiger partial charge in [0.2, 0.25) is 0 Å². The molecular formula is C26H26Si. The summed E-state index contributed by atoms with van der Waals surface area (Å²) < 4.78 is 0. The van der Waals surface area contributed by atoms with E-state index in [1.807, 2.05) is 0 Å². The first-order valence-electron chi connectivity index (χ1n) is 9.76. The molecule has 0 aromatic heterocycles. The smallest absolute Gasteiger partial charge is 0.0777 e. The quantitative estimate of drug-likeness (QED) is 0.552. The summed E-state index contributed by atoms with van der Waals surface area (Å²) >= 11 is 0. The monoisotopic (exact) mass is 366 g/mol. The molecule has 0 fully saturated rings. The van der Waals surface area contributed by atoms with Crippen molar-refractivity contribution in [1.82, 2.24) is 0 Å². The normalized spacial score (nSPS) is 16.7. The van der Waals surface area contributed by atoms with Gasteiger partial charge in [-0.15, -0.1) is 0 Å². The van der Waals surface area contributed by atoms with Crippen LogP contribution in [-0.4, -0.2) is 8.07 Å². The Bertz CT molecular complexity index is 913. The summed E-state index contributed by atoms with van der Waals surface area (Å²) in [5.74, 6) is 0.487. The van der Waals surface area contributed by atoms with Crippen molar-refractivity contribution in [2.24, 2.45) is 5.92 Å². The molecule has 27 heavy (non-hydrogen) atoms. The Morgan fingerprint density at radius 1 is 0.704 bits per heavy atom. The van der Waals surface area contributed by atoms with Gasteiger partial charge in [0.05, 0.1) is 0 Å². The summed E-state index contributed by atoms with van der Waals surface area (Å²) in [6.07, 6.45) is 4.71. The van der Waals surface area contributed by atoms with Crippen LogP contribution in [0.2, 0.25) is 0 Å². The molecule has 0 saturated carbocycles. The number of allylic oxidation sites excluding steroid dienone is 4. The zero-order valence-corrected chi connectivity index (χ0v) is 17.1. The molecule has 3 aromatic carbocycles. The van der Waals surface area contributed by atoms with Gasteiger partial charge in [0.25, 0.3) is 0 Å². The van der Waals surface area contributed by atoms with Crippen LogP contribution in [0, 0.1) is 5.92 Å². The maximum Gasteiger partial charge on any atom is 0.149 e. The van der Waals surface area contributed by atoms with Gasteiger partial charge in [-0.05, 0) is 34.8 Å². The van der Waals surface area contributed by atoms with Gasteiger partial charge in [0.1, 0.15) is 8.07 Å². The minimum absolute atomic E-state index is 0.487. The molecule has 1 aliphatic rings. The average molecular weight is 367 g/mol. The van der Waals surface area contributed by atoms with Gasteiger partial charge in [0.15, 0.2) is 0 Å². The molecular weight excluding hydrogens is 340 g/mol. The summed E-state index contributed by atoms with van der Waals surface area (Å²) in [6, 6.07) is 34.6. The fourth-order valence-corrected chi connectivity index (χ4v) is 10.2. The van der Waals surface area contributed by atoms with E-state index >= 15 is 0 Å². The summed E-state index contributed by atoms with van der Waals surface area (Å²) in [7, 11) is -2.16. The first kappa shape index (κ1) is 17.8. The van der Waals surface area contributed by atoms with Crippen LogP contribution in [0.3, 0.4) is 0 Å². The van der Waals surface area contributed by atoms with Crippen LogP contribution >= 0.6 is 0 Å². The highest BCUT2D eigenvalue weighted by Gasteiger charge is 2.44. The Labute approximate surface area is 163 Å². The van der Waals surface area contributed by atoms with Crippen molar-refractivity contribution in [2.75, 3.05) is 0 Å². The highest BCUT2D eigenvalue weighted by Crippen LogP contribution is 2.34. The van der Waals surface area contributed by atoms with Crippen molar-refractivity contribution in [3.8, 4) is 0 Å². The van der Waals surface area contributed by atoms with Crippen molar-refractivity contribution >= 4 is 18.4 Å². The molecule has 1 atom stereocenters. The maximum absolute atomic E-state index is 2.38. The van der Waals surface area contributed by atoms with E-state index in [9.17, 15) is 0 Å². The van der Waals surface area contributed by atoms with Crippen LogP contribution in [0.1, 0.15) is 19.4 Å². The van der Waals surface area contributed by atoms with Crippen molar-refractivity contribution in [3.05, 3.63) is 119 Å². The van der Waals surface area contributed by atoms with Crippen LogP contribution in [0.5, 0.6) is 0 Å². The summed E-state index contributed by atoms with van der Waals surface area (Å²) in [5.41, 5.74) is 2.88. The molecule has 4 rings (SSSR count). The van der Waals surface area contributed by atoms with Crippen molar-refractivity contribution in [1.29, 1.82) is 0 Å². The number of rotatable bonds is 5. The van der Waals surface area contributed by atoms with Crippen LogP contribution in [0.4, 0.5) is 0 Å². The molecule has 0 saturated heterocycles. The standard InChI is InChI=1S/C26H26Si/c1-21-18-19-22(2)26(21)27(24-14-8-4-9-15-24,25-16-10-5-11-17-25)20-23-12-6-3-7-13-23/h3-19,21H,20H2,1-2H3. The minimum Gasteiger partial charge on any atom is -0.0777 e. The molecule has 0 amide bonds. The van der Waals surface area contributed by atoms with E-state index in [1.165, 1.54) is 21.5 Å². The molecule has 0 nitrogen and oxygen atoms in total. The predicted molar refractivity (Wildman–Crippen MR) is 119 cm³/mol. The second-order valence-electron chi connectivity index (χ2n) is 7.54. The number of hydrogen-bond donors (Lipinski definition) is 0. The van der Waals surface area contributed by atoms with Crippen molar-refractivity contribution < 1.29 is 0 Å². The Balaban J connectivity index is 2.02. The van der Waals surface area contributed by atoms with Gasteiger partial charge < -0.3 is 0 Å². The Morgan fingerprint density at radius 3 is 1.63 bits per heavy atom. The predicted octanol–water partition coefficient (Wildman–Crippen LogP) is 5.09. The first-order chi connectivity index (χ1) is 13.2. The van der Waals surface area contributed by atoms with Gasteiger partial charge in [0, 0.05) is 0 Å². The molecule has 1 aliphatic carbocycles. The van der Waals surface area contributed by atoms with Crippen molar-refractivity contribution in [3.63, 3.8) is 0 Å². The molecule has 0 radical (unpaired) electrons. The van der Waals surface area contributed by atoms with Crippen LogP contribution in [0.25, 0.3) is 0 Å². The van der Waals surface area contributed by atoms with Gasteiger partial charge in [-0.1, -0.05) is 121 Å². The minimum atomic E-state index is -2.16. The van der Waals surface area contributed by atoms with Gasteiger partial charge in [-0.3, -0.25) is 0 Å². The van der Waals surface area contributed by atoms with E-state index in [4.69, 9.17) is 0 Å². The van der Waals surface area contributed by atoms with Crippen LogP contribution < -0.4 is 10.4 Å². The molecule has 0 N–H and O–H groups in total. The second-order valence-corrected chi connectivity index (χ2v) is 11.4. The molecule has 0 bridgehead atoms. The fraction of sp³-hybridized carbons (Fsp3) is 0.154. The molecule has 1 heteroatoms. The lowest BCUT2D eigenvalue weighted by atomic mass is 10.2.